The van der Waals surface area contributed by atoms with Crippen molar-refractivity contribution in [2.75, 3.05) is 6.54 Å². The molecule has 2 heterocycles. The van der Waals surface area contributed by atoms with Gasteiger partial charge in [0, 0.05) is 29.7 Å². The Morgan fingerprint density at radius 3 is 2.77 bits per heavy atom. The molecule has 3 aromatic rings. The first kappa shape index (κ1) is 19.9. The van der Waals surface area contributed by atoms with Crippen LogP contribution in [0.2, 0.25) is 0 Å². The van der Waals surface area contributed by atoms with E-state index in [2.05, 4.69) is 11.6 Å². The average molecular weight is 405 g/mol. The Kier molecular flexibility index (Phi) is 4.94. The Bertz CT molecular complexity index is 1210. The van der Waals surface area contributed by atoms with Crippen LogP contribution in [0.5, 0.6) is 0 Å². The molecule has 6 heteroatoms. The first-order valence-corrected chi connectivity index (χ1v) is 9.92. The van der Waals surface area contributed by atoms with Gasteiger partial charge in [-0.25, -0.2) is 4.39 Å². The zero-order chi connectivity index (χ0) is 21.6. The highest BCUT2D eigenvalue weighted by Gasteiger charge is 2.25. The summed E-state index contributed by atoms with van der Waals surface area (Å²) in [6, 6.07) is 7.45. The smallest absolute Gasteiger partial charge is 0.246 e. The minimum Gasteiger partial charge on any atom is -0.369 e. The summed E-state index contributed by atoms with van der Waals surface area (Å²) in [5, 5.41) is 0.906. The average Bonchev–Trinajstić information content (AvgIpc) is 3.03. The molecule has 3 N–H and O–H groups in total. The first-order valence-electron chi connectivity index (χ1n) is 9.92. The lowest BCUT2D eigenvalue weighted by molar-refractivity contribution is -0.126. The van der Waals surface area contributed by atoms with Crippen LogP contribution in [-0.2, 0) is 29.0 Å². The van der Waals surface area contributed by atoms with E-state index in [1.54, 1.807) is 4.90 Å². The number of amides is 2. The molecule has 2 amide bonds. The SMILES string of the molecule is C=CC(=O)N1CCc2c(cccc2-c2cc(F)c(CC(N)=O)c3[nH]c(C)c(C)c23)C1. The molecule has 5 nitrogen and oxygen atoms in total. The predicted molar refractivity (Wildman–Crippen MR) is 115 cm³/mol. The molecule has 2 aromatic carbocycles. The fourth-order valence-corrected chi connectivity index (χ4v) is 4.43. The van der Waals surface area contributed by atoms with E-state index < -0.39 is 11.7 Å². The minimum atomic E-state index is -0.572. The monoisotopic (exact) mass is 405 g/mol. The highest BCUT2D eigenvalue weighted by atomic mass is 19.1. The van der Waals surface area contributed by atoms with Gasteiger partial charge in [-0.15, -0.1) is 0 Å². The molecule has 154 valence electrons. The van der Waals surface area contributed by atoms with Gasteiger partial charge in [0.15, 0.2) is 0 Å². The zero-order valence-corrected chi connectivity index (χ0v) is 17.1. The number of hydrogen-bond acceptors (Lipinski definition) is 2. The van der Waals surface area contributed by atoms with Crippen molar-refractivity contribution in [1.82, 2.24) is 9.88 Å². The standard InChI is InChI=1S/C24H24FN3O2/c1-4-22(30)28-9-8-16-15(12-28)6-5-7-17(16)18-10-20(25)19(11-21(26)29)24-23(18)13(2)14(3)27-24/h4-7,10,27H,1,8-9,11-12H2,2-3H3,(H2,26,29). The van der Waals surface area contributed by atoms with Crippen LogP contribution >= 0.6 is 0 Å². The fourth-order valence-electron chi connectivity index (χ4n) is 4.43. The van der Waals surface area contributed by atoms with Gasteiger partial charge < -0.3 is 15.6 Å². The number of rotatable bonds is 4. The van der Waals surface area contributed by atoms with E-state index in [9.17, 15) is 9.59 Å². The number of H-pyrrole nitrogens is 1. The zero-order valence-electron chi connectivity index (χ0n) is 17.1. The Hall–Kier alpha value is -3.41. The highest BCUT2D eigenvalue weighted by molar-refractivity contribution is 6.02. The van der Waals surface area contributed by atoms with Gasteiger partial charge >= 0.3 is 0 Å². The minimum absolute atomic E-state index is 0.0904. The quantitative estimate of drug-likeness (QED) is 0.650. The van der Waals surface area contributed by atoms with E-state index in [0.29, 0.717) is 30.6 Å². The van der Waals surface area contributed by atoms with Gasteiger partial charge in [-0.2, -0.15) is 0 Å². The number of aryl methyl sites for hydroxylation is 2. The molecule has 0 aliphatic carbocycles. The maximum Gasteiger partial charge on any atom is 0.246 e. The van der Waals surface area contributed by atoms with Crippen molar-refractivity contribution in [3.63, 3.8) is 0 Å². The summed E-state index contributed by atoms with van der Waals surface area (Å²) in [6.07, 6.45) is 1.85. The molecular weight excluding hydrogens is 381 g/mol. The van der Waals surface area contributed by atoms with Crippen molar-refractivity contribution in [1.29, 1.82) is 0 Å². The lowest BCUT2D eigenvalue weighted by Gasteiger charge is -2.29. The van der Waals surface area contributed by atoms with Gasteiger partial charge in [0.2, 0.25) is 11.8 Å². The topological polar surface area (TPSA) is 79.2 Å². The molecule has 1 aromatic heterocycles. The molecule has 0 unspecified atom stereocenters. The number of carbonyl (C=O) groups excluding carboxylic acids is 2. The Morgan fingerprint density at radius 2 is 2.07 bits per heavy atom. The first-order chi connectivity index (χ1) is 14.3. The van der Waals surface area contributed by atoms with Crippen LogP contribution in [0.3, 0.4) is 0 Å². The maximum absolute atomic E-state index is 15.1. The summed E-state index contributed by atoms with van der Waals surface area (Å²) in [5.41, 5.74) is 12.1. The number of halogens is 1. The van der Waals surface area contributed by atoms with Crippen molar-refractivity contribution < 1.29 is 14.0 Å². The van der Waals surface area contributed by atoms with Crippen LogP contribution in [-0.4, -0.2) is 28.2 Å². The Labute approximate surface area is 174 Å². The molecule has 0 spiro atoms. The number of benzene rings is 2. The van der Waals surface area contributed by atoms with Gasteiger partial charge in [0.05, 0.1) is 11.9 Å². The van der Waals surface area contributed by atoms with Crippen molar-refractivity contribution in [3.8, 4) is 11.1 Å². The normalized spacial score (nSPS) is 13.4. The third kappa shape index (κ3) is 3.18. The molecule has 0 saturated carbocycles. The van der Waals surface area contributed by atoms with Gasteiger partial charge in [0.25, 0.3) is 0 Å². The molecule has 0 bridgehead atoms. The number of carbonyl (C=O) groups is 2. The summed E-state index contributed by atoms with van der Waals surface area (Å²) in [7, 11) is 0. The number of hydrogen-bond donors (Lipinski definition) is 2. The second kappa shape index (κ2) is 7.44. The van der Waals surface area contributed by atoms with Gasteiger partial charge in [0.1, 0.15) is 5.82 Å². The second-order valence-electron chi connectivity index (χ2n) is 7.81. The summed E-state index contributed by atoms with van der Waals surface area (Å²) in [5.74, 6) is -1.11. The Morgan fingerprint density at radius 1 is 1.30 bits per heavy atom. The van der Waals surface area contributed by atoms with Crippen LogP contribution in [0, 0.1) is 19.7 Å². The summed E-state index contributed by atoms with van der Waals surface area (Å²) in [6.45, 7) is 8.59. The van der Waals surface area contributed by atoms with E-state index in [1.807, 2.05) is 32.0 Å². The molecule has 0 fully saturated rings. The molecule has 0 radical (unpaired) electrons. The van der Waals surface area contributed by atoms with Crippen LogP contribution < -0.4 is 5.73 Å². The maximum atomic E-state index is 15.1. The lowest BCUT2D eigenvalue weighted by atomic mass is 9.87. The van der Waals surface area contributed by atoms with Crippen molar-refractivity contribution in [3.05, 3.63) is 70.7 Å². The lowest BCUT2D eigenvalue weighted by Crippen LogP contribution is -2.34. The number of nitrogens with two attached hydrogens (primary N) is 1. The van der Waals surface area contributed by atoms with Crippen molar-refractivity contribution in [2.24, 2.45) is 5.73 Å². The van der Waals surface area contributed by atoms with Crippen molar-refractivity contribution in [2.45, 2.75) is 33.2 Å². The van der Waals surface area contributed by atoms with Crippen LogP contribution in [0.15, 0.2) is 36.9 Å². The van der Waals surface area contributed by atoms with Crippen LogP contribution in [0.1, 0.15) is 27.9 Å². The van der Waals surface area contributed by atoms with Crippen LogP contribution in [0.25, 0.3) is 22.0 Å². The van der Waals surface area contributed by atoms with E-state index in [4.69, 9.17) is 5.73 Å². The third-order valence-corrected chi connectivity index (χ3v) is 6.02. The van der Waals surface area contributed by atoms with E-state index in [-0.39, 0.29) is 12.3 Å². The van der Waals surface area contributed by atoms with Gasteiger partial charge in [-0.1, -0.05) is 24.8 Å². The predicted octanol–water partition coefficient (Wildman–Crippen LogP) is 3.69. The summed E-state index contributed by atoms with van der Waals surface area (Å²) < 4.78 is 15.1. The number of nitrogens with zero attached hydrogens (tertiary/aromatic N) is 1. The largest absolute Gasteiger partial charge is 0.369 e. The molecule has 0 atom stereocenters. The number of primary amides is 1. The fraction of sp³-hybridized carbons (Fsp3) is 0.250. The number of nitrogens with one attached hydrogen (secondary N) is 1. The van der Waals surface area contributed by atoms with E-state index >= 15 is 4.39 Å². The van der Waals surface area contributed by atoms with Crippen LogP contribution in [0.4, 0.5) is 4.39 Å². The highest BCUT2D eigenvalue weighted by Crippen LogP contribution is 2.39. The second-order valence-corrected chi connectivity index (χ2v) is 7.81. The van der Waals surface area contributed by atoms with Gasteiger partial charge in [-0.3, -0.25) is 9.59 Å². The molecule has 1 aliphatic rings. The molecular formula is C24H24FN3O2. The molecule has 0 saturated heterocycles. The number of fused-ring (bicyclic) bond motifs is 2. The summed E-state index contributed by atoms with van der Waals surface area (Å²) >= 11 is 0. The molecule has 4 rings (SSSR count). The molecule has 30 heavy (non-hydrogen) atoms. The van der Waals surface area contributed by atoms with E-state index in [1.165, 1.54) is 12.1 Å². The number of aromatic nitrogens is 1. The molecule has 1 aliphatic heterocycles. The Balaban J connectivity index is 1.93. The third-order valence-electron chi connectivity index (χ3n) is 6.02. The number of aromatic amines is 1. The van der Waals surface area contributed by atoms with E-state index in [0.717, 1.165) is 38.9 Å². The summed E-state index contributed by atoms with van der Waals surface area (Å²) in [4.78, 5) is 28.6. The van der Waals surface area contributed by atoms with Crippen molar-refractivity contribution >= 4 is 22.7 Å². The van der Waals surface area contributed by atoms with Gasteiger partial charge in [-0.05, 0) is 60.2 Å².